The van der Waals surface area contributed by atoms with Gasteiger partial charge in [0.05, 0.1) is 20.3 Å². The predicted molar refractivity (Wildman–Crippen MR) is 102 cm³/mol. The number of hydrogen-bond acceptors (Lipinski definition) is 2. The summed E-state index contributed by atoms with van der Waals surface area (Å²) in [5.74, 6) is 0. The molecule has 3 heteroatoms. The van der Waals surface area contributed by atoms with Crippen LogP contribution in [0.15, 0.2) is 42.1 Å². The Balaban J connectivity index is 2.42. The van der Waals surface area contributed by atoms with Crippen LogP contribution in [0.5, 0.6) is 0 Å². The van der Waals surface area contributed by atoms with E-state index in [-0.39, 0.29) is 0 Å². The lowest BCUT2D eigenvalue weighted by atomic mass is 10.0. The standard InChI is InChI=1S/C20H34O2Si/c1-5-6-8-13-19(21)20(22)15-14-17(2)23(3,4)16-18-11-9-7-10-12-18/h7,9-12,19-22H,2,5-6,8,13-16H2,1,3-4H3/t19-,20-/m1/s1. The van der Waals surface area contributed by atoms with Crippen LogP contribution in [0.1, 0.15) is 51.0 Å². The molecule has 0 spiro atoms. The Morgan fingerprint density at radius 2 is 1.65 bits per heavy atom. The fraction of sp³-hybridized carbons (Fsp3) is 0.600. The number of unbranched alkanes of at least 4 members (excludes halogenated alkanes) is 2. The van der Waals surface area contributed by atoms with E-state index in [2.05, 4.69) is 50.9 Å². The summed E-state index contributed by atoms with van der Waals surface area (Å²) in [5, 5.41) is 21.5. The maximum atomic E-state index is 10.1. The van der Waals surface area contributed by atoms with Crippen LogP contribution in [0.3, 0.4) is 0 Å². The lowest BCUT2D eigenvalue weighted by molar-refractivity contribution is 0.00901. The summed E-state index contributed by atoms with van der Waals surface area (Å²) in [6, 6.07) is 11.6. The van der Waals surface area contributed by atoms with E-state index in [1.165, 1.54) is 10.8 Å². The van der Waals surface area contributed by atoms with Crippen molar-refractivity contribution in [3.63, 3.8) is 0 Å². The molecule has 0 aliphatic rings. The van der Waals surface area contributed by atoms with Crippen molar-refractivity contribution in [1.29, 1.82) is 0 Å². The fourth-order valence-corrected chi connectivity index (χ4v) is 5.21. The molecule has 0 aromatic heterocycles. The van der Waals surface area contributed by atoms with Gasteiger partial charge in [-0.3, -0.25) is 0 Å². The molecule has 23 heavy (non-hydrogen) atoms. The van der Waals surface area contributed by atoms with Crippen molar-refractivity contribution in [3.05, 3.63) is 47.7 Å². The van der Waals surface area contributed by atoms with Crippen LogP contribution < -0.4 is 0 Å². The Kier molecular flexibility index (Phi) is 8.81. The minimum atomic E-state index is -1.57. The Bertz CT molecular complexity index is 456. The Morgan fingerprint density at radius 1 is 1.04 bits per heavy atom. The first-order valence-corrected chi connectivity index (χ1v) is 12.2. The number of aliphatic hydroxyl groups excluding tert-OH is 2. The molecule has 2 nitrogen and oxygen atoms in total. The Labute approximate surface area is 143 Å². The van der Waals surface area contributed by atoms with Crippen molar-refractivity contribution in [1.82, 2.24) is 0 Å². The third-order valence-corrected chi connectivity index (χ3v) is 8.19. The van der Waals surface area contributed by atoms with Gasteiger partial charge in [-0.2, -0.15) is 0 Å². The van der Waals surface area contributed by atoms with E-state index in [4.69, 9.17) is 0 Å². The van der Waals surface area contributed by atoms with Crippen molar-refractivity contribution < 1.29 is 10.2 Å². The molecular formula is C20H34O2Si. The number of aliphatic hydroxyl groups is 2. The van der Waals surface area contributed by atoms with Crippen LogP contribution in [0.4, 0.5) is 0 Å². The van der Waals surface area contributed by atoms with Crippen LogP contribution in [0, 0.1) is 0 Å². The monoisotopic (exact) mass is 334 g/mol. The summed E-state index contributed by atoms with van der Waals surface area (Å²) >= 11 is 0. The van der Waals surface area contributed by atoms with Gasteiger partial charge in [0.1, 0.15) is 0 Å². The summed E-state index contributed by atoms with van der Waals surface area (Å²) in [7, 11) is -1.57. The molecule has 0 aliphatic heterocycles. The topological polar surface area (TPSA) is 40.5 Å². The molecule has 0 saturated carbocycles. The highest BCUT2D eigenvalue weighted by Crippen LogP contribution is 2.24. The zero-order valence-corrected chi connectivity index (χ0v) is 16.1. The Hall–Kier alpha value is -0.903. The van der Waals surface area contributed by atoms with E-state index in [9.17, 15) is 10.2 Å². The summed E-state index contributed by atoms with van der Waals surface area (Å²) in [6.45, 7) is 11.1. The highest BCUT2D eigenvalue weighted by atomic mass is 28.3. The second-order valence-electron chi connectivity index (χ2n) is 7.32. The smallest absolute Gasteiger partial charge is 0.0802 e. The molecule has 1 rings (SSSR count). The highest BCUT2D eigenvalue weighted by Gasteiger charge is 2.26. The molecule has 0 saturated heterocycles. The molecule has 130 valence electrons. The van der Waals surface area contributed by atoms with Gasteiger partial charge in [-0.15, -0.1) is 6.58 Å². The molecule has 2 atom stereocenters. The van der Waals surface area contributed by atoms with Crippen LogP contribution in [0.25, 0.3) is 0 Å². The Morgan fingerprint density at radius 3 is 2.26 bits per heavy atom. The van der Waals surface area contributed by atoms with E-state index in [0.717, 1.165) is 31.7 Å². The molecule has 2 N–H and O–H groups in total. The molecule has 0 radical (unpaired) electrons. The number of allylic oxidation sites excluding steroid dienone is 1. The van der Waals surface area contributed by atoms with E-state index >= 15 is 0 Å². The fourth-order valence-electron chi connectivity index (χ4n) is 2.88. The maximum Gasteiger partial charge on any atom is 0.0802 e. The molecule has 0 fully saturated rings. The molecule has 0 amide bonds. The minimum Gasteiger partial charge on any atom is -0.390 e. The van der Waals surface area contributed by atoms with Crippen LogP contribution in [0.2, 0.25) is 13.1 Å². The number of benzene rings is 1. The summed E-state index contributed by atoms with van der Waals surface area (Å²) in [5.41, 5.74) is 1.37. The van der Waals surface area contributed by atoms with E-state index in [0.29, 0.717) is 12.8 Å². The van der Waals surface area contributed by atoms with E-state index < -0.39 is 20.3 Å². The quantitative estimate of drug-likeness (QED) is 0.456. The largest absolute Gasteiger partial charge is 0.390 e. The first-order valence-electron chi connectivity index (χ1n) is 8.95. The lowest BCUT2D eigenvalue weighted by Crippen LogP contribution is -2.33. The van der Waals surface area contributed by atoms with Crippen LogP contribution >= 0.6 is 0 Å². The molecule has 1 aromatic rings. The summed E-state index contributed by atoms with van der Waals surface area (Å²) < 4.78 is 0. The molecule has 0 heterocycles. The van der Waals surface area contributed by atoms with Crippen LogP contribution in [-0.2, 0) is 6.04 Å². The first kappa shape index (κ1) is 20.1. The molecule has 1 aromatic carbocycles. The van der Waals surface area contributed by atoms with Crippen molar-refractivity contribution >= 4 is 8.07 Å². The van der Waals surface area contributed by atoms with Crippen molar-refractivity contribution in [2.45, 2.75) is 76.8 Å². The van der Waals surface area contributed by atoms with Gasteiger partial charge in [0, 0.05) is 0 Å². The molecule has 0 aliphatic carbocycles. The predicted octanol–water partition coefficient (Wildman–Crippen LogP) is 4.65. The number of rotatable bonds is 11. The first-order chi connectivity index (χ1) is 10.9. The average molecular weight is 335 g/mol. The van der Waals surface area contributed by atoms with Gasteiger partial charge >= 0.3 is 0 Å². The van der Waals surface area contributed by atoms with Gasteiger partial charge < -0.3 is 10.2 Å². The third kappa shape index (κ3) is 7.47. The normalized spacial score (nSPS) is 14.5. The van der Waals surface area contributed by atoms with Gasteiger partial charge in [-0.1, -0.05) is 80.4 Å². The van der Waals surface area contributed by atoms with Gasteiger partial charge in [0.25, 0.3) is 0 Å². The third-order valence-electron chi connectivity index (χ3n) is 4.74. The maximum absolute atomic E-state index is 10.1. The zero-order chi connectivity index (χ0) is 17.3. The van der Waals surface area contributed by atoms with E-state index in [1.54, 1.807) is 0 Å². The number of hydrogen-bond donors (Lipinski definition) is 2. The highest BCUT2D eigenvalue weighted by molar-refractivity contribution is 6.83. The summed E-state index contributed by atoms with van der Waals surface area (Å²) in [6.07, 6.45) is 4.18. The molecule has 0 unspecified atom stereocenters. The van der Waals surface area contributed by atoms with Crippen molar-refractivity contribution in [2.24, 2.45) is 0 Å². The summed E-state index contributed by atoms with van der Waals surface area (Å²) in [4.78, 5) is 0. The van der Waals surface area contributed by atoms with Gasteiger partial charge in [0.15, 0.2) is 0 Å². The van der Waals surface area contributed by atoms with Gasteiger partial charge in [-0.05, 0) is 25.3 Å². The minimum absolute atomic E-state index is 0.590. The van der Waals surface area contributed by atoms with Crippen molar-refractivity contribution in [3.8, 4) is 0 Å². The van der Waals surface area contributed by atoms with Crippen LogP contribution in [-0.4, -0.2) is 30.5 Å². The second-order valence-corrected chi connectivity index (χ2v) is 12.1. The SMILES string of the molecule is C=C(CC[C@@H](O)[C@H](O)CCCCC)[Si](C)(C)Cc1ccccc1. The lowest BCUT2D eigenvalue weighted by Gasteiger charge is -2.27. The van der Waals surface area contributed by atoms with Gasteiger partial charge in [-0.25, -0.2) is 0 Å². The average Bonchev–Trinajstić information content (AvgIpc) is 2.52. The van der Waals surface area contributed by atoms with Crippen molar-refractivity contribution in [2.75, 3.05) is 0 Å². The van der Waals surface area contributed by atoms with Gasteiger partial charge in [0.2, 0.25) is 0 Å². The second kappa shape index (κ2) is 10.1. The molecular weight excluding hydrogens is 300 g/mol. The molecule has 0 bridgehead atoms. The zero-order valence-electron chi connectivity index (χ0n) is 15.1. The van der Waals surface area contributed by atoms with E-state index in [1.807, 2.05) is 6.07 Å².